The predicted molar refractivity (Wildman–Crippen MR) is 73.5 cm³/mol. The molecule has 1 heterocycles. The van der Waals surface area contributed by atoms with Gasteiger partial charge in [-0.2, -0.15) is 0 Å². The summed E-state index contributed by atoms with van der Waals surface area (Å²) in [5.74, 6) is 0. The smallest absolute Gasteiger partial charge is 0.0707 e. The number of rotatable bonds is 4. The molecule has 0 radical (unpaired) electrons. The Hall–Kier alpha value is -1.61. The number of hydrogen-bond acceptors (Lipinski definition) is 3. The Balaban J connectivity index is 2.33. The van der Waals surface area contributed by atoms with Crippen LogP contribution in [0.3, 0.4) is 0 Å². The Bertz CT molecular complexity index is 506. The molecule has 0 saturated heterocycles. The molecule has 3 nitrogen and oxygen atoms in total. The Kier molecular flexibility index (Phi) is 3.59. The fourth-order valence-corrected chi connectivity index (χ4v) is 1.78. The highest BCUT2D eigenvalue weighted by Gasteiger charge is 2.01. The van der Waals surface area contributed by atoms with Gasteiger partial charge in [0.2, 0.25) is 0 Å². The first kappa shape index (κ1) is 11.9. The molecule has 0 saturated carbocycles. The predicted octanol–water partition coefficient (Wildman–Crippen LogP) is 2.41. The fraction of sp³-hybridized carbons (Fsp3) is 0.357. The number of nitrogens with one attached hydrogen (secondary N) is 1. The Morgan fingerprint density at radius 2 is 2.00 bits per heavy atom. The summed E-state index contributed by atoms with van der Waals surface area (Å²) in [5, 5.41) is 4.48. The summed E-state index contributed by atoms with van der Waals surface area (Å²) in [6.07, 6.45) is 0. The van der Waals surface area contributed by atoms with E-state index in [0.717, 1.165) is 24.3 Å². The molecule has 0 aliphatic rings. The quantitative estimate of drug-likeness (QED) is 0.872. The van der Waals surface area contributed by atoms with E-state index in [1.54, 1.807) is 0 Å². The molecule has 0 aliphatic carbocycles. The molecule has 0 fully saturated rings. The fourth-order valence-electron chi connectivity index (χ4n) is 1.78. The second-order valence-corrected chi connectivity index (χ2v) is 4.35. The van der Waals surface area contributed by atoms with Gasteiger partial charge in [-0.3, -0.25) is 4.98 Å². The molecule has 0 unspecified atom stereocenters. The zero-order valence-electron chi connectivity index (χ0n) is 10.7. The van der Waals surface area contributed by atoms with E-state index < -0.39 is 0 Å². The van der Waals surface area contributed by atoms with E-state index in [1.807, 2.05) is 14.1 Å². The van der Waals surface area contributed by atoms with Crippen molar-refractivity contribution in [3.63, 3.8) is 0 Å². The van der Waals surface area contributed by atoms with Crippen molar-refractivity contribution in [2.75, 3.05) is 25.5 Å². The molecule has 1 aromatic heterocycles. The second kappa shape index (κ2) is 5.15. The van der Waals surface area contributed by atoms with Crippen LogP contribution in [-0.4, -0.2) is 25.6 Å². The molecule has 0 spiro atoms. The molecule has 2 aromatic rings. The second-order valence-electron chi connectivity index (χ2n) is 4.35. The number of fused-ring (bicyclic) bond motifs is 1. The van der Waals surface area contributed by atoms with Crippen LogP contribution in [0.4, 0.5) is 5.69 Å². The van der Waals surface area contributed by atoms with Crippen LogP contribution in [0.25, 0.3) is 10.9 Å². The number of anilines is 1. The van der Waals surface area contributed by atoms with Crippen molar-refractivity contribution in [1.29, 1.82) is 0 Å². The monoisotopic (exact) mass is 229 g/mol. The number of nitrogens with zero attached hydrogens (tertiary/aromatic N) is 2. The van der Waals surface area contributed by atoms with Gasteiger partial charge in [0.15, 0.2) is 0 Å². The standard InChI is InChI=1S/C14H19N3/c1-4-15-10-12-6-5-11-9-13(17(2)3)7-8-14(11)16-12/h5-9,15H,4,10H2,1-3H3. The highest BCUT2D eigenvalue weighted by Crippen LogP contribution is 2.19. The normalized spacial score (nSPS) is 10.8. The van der Waals surface area contributed by atoms with Crippen LogP contribution in [0.1, 0.15) is 12.6 Å². The summed E-state index contributed by atoms with van der Waals surface area (Å²) in [4.78, 5) is 6.74. The highest BCUT2D eigenvalue weighted by atomic mass is 15.1. The molecule has 90 valence electrons. The van der Waals surface area contributed by atoms with Crippen LogP contribution in [0.5, 0.6) is 0 Å². The average Bonchev–Trinajstić information content (AvgIpc) is 2.35. The minimum atomic E-state index is 0.835. The van der Waals surface area contributed by atoms with Gasteiger partial charge in [0.1, 0.15) is 0 Å². The lowest BCUT2D eigenvalue weighted by Crippen LogP contribution is -2.12. The van der Waals surface area contributed by atoms with Gasteiger partial charge < -0.3 is 10.2 Å². The van der Waals surface area contributed by atoms with E-state index in [1.165, 1.54) is 11.1 Å². The van der Waals surface area contributed by atoms with E-state index >= 15 is 0 Å². The summed E-state index contributed by atoms with van der Waals surface area (Å²) in [6, 6.07) is 10.6. The minimum absolute atomic E-state index is 0.835. The third-order valence-corrected chi connectivity index (χ3v) is 2.80. The van der Waals surface area contributed by atoms with Crippen molar-refractivity contribution in [1.82, 2.24) is 10.3 Å². The average molecular weight is 229 g/mol. The highest BCUT2D eigenvalue weighted by molar-refractivity contribution is 5.82. The SMILES string of the molecule is CCNCc1ccc2cc(N(C)C)ccc2n1. The first-order chi connectivity index (χ1) is 8.20. The van der Waals surface area contributed by atoms with E-state index in [-0.39, 0.29) is 0 Å². The molecule has 17 heavy (non-hydrogen) atoms. The van der Waals surface area contributed by atoms with Crippen LogP contribution in [0, 0.1) is 0 Å². The molecule has 0 atom stereocenters. The van der Waals surface area contributed by atoms with Crippen molar-refractivity contribution >= 4 is 16.6 Å². The number of hydrogen-bond donors (Lipinski definition) is 1. The number of pyridine rings is 1. The first-order valence-electron chi connectivity index (χ1n) is 5.98. The van der Waals surface area contributed by atoms with Gasteiger partial charge in [0.05, 0.1) is 11.2 Å². The maximum absolute atomic E-state index is 4.63. The first-order valence-corrected chi connectivity index (χ1v) is 5.98. The molecule has 3 heteroatoms. The van der Waals surface area contributed by atoms with Gasteiger partial charge in [-0.05, 0) is 30.8 Å². The summed E-state index contributed by atoms with van der Waals surface area (Å²) in [5.41, 5.74) is 3.36. The van der Waals surface area contributed by atoms with Gasteiger partial charge >= 0.3 is 0 Å². The van der Waals surface area contributed by atoms with E-state index in [4.69, 9.17) is 0 Å². The van der Waals surface area contributed by atoms with E-state index in [9.17, 15) is 0 Å². The van der Waals surface area contributed by atoms with Crippen molar-refractivity contribution in [2.45, 2.75) is 13.5 Å². The van der Waals surface area contributed by atoms with Crippen LogP contribution in [0.15, 0.2) is 30.3 Å². The molecular weight excluding hydrogens is 210 g/mol. The lowest BCUT2D eigenvalue weighted by molar-refractivity contribution is 0.713. The number of benzene rings is 1. The molecular formula is C14H19N3. The summed E-state index contributed by atoms with van der Waals surface area (Å²) in [7, 11) is 4.10. The maximum atomic E-state index is 4.63. The maximum Gasteiger partial charge on any atom is 0.0707 e. The lowest BCUT2D eigenvalue weighted by Gasteiger charge is -2.13. The van der Waals surface area contributed by atoms with Crippen molar-refractivity contribution in [3.05, 3.63) is 36.0 Å². The summed E-state index contributed by atoms with van der Waals surface area (Å²) < 4.78 is 0. The number of aromatic nitrogens is 1. The zero-order valence-corrected chi connectivity index (χ0v) is 10.7. The van der Waals surface area contributed by atoms with Gasteiger partial charge in [-0.25, -0.2) is 0 Å². The largest absolute Gasteiger partial charge is 0.378 e. The molecule has 0 amide bonds. The molecule has 1 N–H and O–H groups in total. The van der Waals surface area contributed by atoms with Gasteiger partial charge in [0, 0.05) is 31.7 Å². The van der Waals surface area contributed by atoms with Crippen LogP contribution in [0.2, 0.25) is 0 Å². The van der Waals surface area contributed by atoms with Crippen molar-refractivity contribution < 1.29 is 0 Å². The Morgan fingerprint density at radius 1 is 1.18 bits per heavy atom. The van der Waals surface area contributed by atoms with Gasteiger partial charge in [-0.1, -0.05) is 13.0 Å². The third kappa shape index (κ3) is 2.74. The molecule has 1 aromatic carbocycles. The Morgan fingerprint density at radius 3 is 2.71 bits per heavy atom. The molecule has 0 aliphatic heterocycles. The Labute approximate surface area is 102 Å². The molecule has 2 rings (SSSR count). The summed E-state index contributed by atoms with van der Waals surface area (Å²) in [6.45, 7) is 3.91. The van der Waals surface area contributed by atoms with Crippen molar-refractivity contribution in [3.8, 4) is 0 Å². The summed E-state index contributed by atoms with van der Waals surface area (Å²) >= 11 is 0. The van der Waals surface area contributed by atoms with E-state index in [2.05, 4.69) is 52.5 Å². The van der Waals surface area contributed by atoms with Gasteiger partial charge in [0.25, 0.3) is 0 Å². The van der Waals surface area contributed by atoms with Crippen molar-refractivity contribution in [2.24, 2.45) is 0 Å². The van der Waals surface area contributed by atoms with Crippen LogP contribution in [-0.2, 0) is 6.54 Å². The van der Waals surface area contributed by atoms with E-state index in [0.29, 0.717) is 0 Å². The lowest BCUT2D eigenvalue weighted by atomic mass is 10.1. The minimum Gasteiger partial charge on any atom is -0.378 e. The topological polar surface area (TPSA) is 28.2 Å². The van der Waals surface area contributed by atoms with Gasteiger partial charge in [-0.15, -0.1) is 0 Å². The molecule has 0 bridgehead atoms. The zero-order chi connectivity index (χ0) is 12.3. The van der Waals surface area contributed by atoms with Crippen LogP contribution < -0.4 is 10.2 Å². The van der Waals surface area contributed by atoms with Crippen LogP contribution >= 0.6 is 0 Å². The third-order valence-electron chi connectivity index (χ3n) is 2.80.